The summed E-state index contributed by atoms with van der Waals surface area (Å²) < 4.78 is 1.07. The number of rotatable bonds is 7. The summed E-state index contributed by atoms with van der Waals surface area (Å²) in [5, 5.41) is 3.22. The van der Waals surface area contributed by atoms with E-state index in [0.717, 1.165) is 17.3 Å². The molecule has 3 nitrogen and oxygen atoms in total. The van der Waals surface area contributed by atoms with Crippen LogP contribution in [0.3, 0.4) is 0 Å². The van der Waals surface area contributed by atoms with Crippen molar-refractivity contribution in [3.05, 3.63) is 28.7 Å². The van der Waals surface area contributed by atoms with Crippen LogP contribution in [0.15, 0.2) is 33.6 Å². The van der Waals surface area contributed by atoms with E-state index in [4.69, 9.17) is 5.73 Å². The summed E-state index contributed by atoms with van der Waals surface area (Å²) in [6.45, 7) is 4.76. The van der Waals surface area contributed by atoms with E-state index in [1.807, 2.05) is 19.1 Å². The van der Waals surface area contributed by atoms with Crippen LogP contribution in [0.1, 0.15) is 26.7 Å². The van der Waals surface area contributed by atoms with E-state index < -0.39 is 0 Å². The van der Waals surface area contributed by atoms with Crippen molar-refractivity contribution in [1.29, 1.82) is 0 Å². The maximum atomic E-state index is 11.7. The third-order valence-electron chi connectivity index (χ3n) is 2.65. The summed E-state index contributed by atoms with van der Waals surface area (Å²) in [4.78, 5) is 12.9. The highest BCUT2D eigenvalue weighted by atomic mass is 79.9. The average molecular weight is 382 g/mol. The van der Waals surface area contributed by atoms with Crippen molar-refractivity contribution >= 4 is 46.0 Å². The Hall–Kier alpha value is -0.230. The zero-order valence-corrected chi connectivity index (χ0v) is 15.0. The molecule has 3 N–H and O–H groups in total. The van der Waals surface area contributed by atoms with E-state index in [0.29, 0.717) is 11.8 Å². The van der Waals surface area contributed by atoms with Gasteiger partial charge in [-0.1, -0.05) is 36.2 Å². The van der Waals surface area contributed by atoms with Gasteiger partial charge in [0.2, 0.25) is 5.91 Å². The molecule has 1 aromatic rings. The number of nitrogens with one attached hydrogen (secondary N) is 1. The third kappa shape index (κ3) is 7.53. The zero-order valence-electron chi connectivity index (χ0n) is 11.8. The van der Waals surface area contributed by atoms with Crippen LogP contribution >= 0.6 is 40.1 Å². The SMILES string of the molecule is CCCC(N)C(=O)NCC(C)Sc1ccc(Br)cc1.Cl. The van der Waals surface area contributed by atoms with Crippen LogP contribution < -0.4 is 11.1 Å². The topological polar surface area (TPSA) is 55.1 Å². The molecule has 0 spiro atoms. The van der Waals surface area contributed by atoms with Crippen molar-refractivity contribution < 1.29 is 4.79 Å². The standard InChI is InChI=1S/C14H21BrN2OS.ClH/c1-3-4-13(16)14(18)17-9-10(2)19-12-7-5-11(15)6-8-12;/h5-8,10,13H,3-4,9,16H2,1-2H3,(H,17,18);1H. The highest BCUT2D eigenvalue weighted by molar-refractivity contribution is 9.10. The molecule has 0 fully saturated rings. The molecule has 0 aromatic heterocycles. The highest BCUT2D eigenvalue weighted by Crippen LogP contribution is 2.24. The van der Waals surface area contributed by atoms with Gasteiger partial charge >= 0.3 is 0 Å². The fraction of sp³-hybridized carbons (Fsp3) is 0.500. The minimum Gasteiger partial charge on any atom is -0.354 e. The monoisotopic (exact) mass is 380 g/mol. The van der Waals surface area contributed by atoms with Crippen molar-refractivity contribution in [2.24, 2.45) is 5.73 Å². The van der Waals surface area contributed by atoms with Gasteiger partial charge in [-0.25, -0.2) is 0 Å². The number of amides is 1. The maximum absolute atomic E-state index is 11.7. The van der Waals surface area contributed by atoms with Gasteiger partial charge in [-0.3, -0.25) is 4.79 Å². The van der Waals surface area contributed by atoms with E-state index in [2.05, 4.69) is 40.3 Å². The minimum atomic E-state index is -0.380. The van der Waals surface area contributed by atoms with Gasteiger partial charge in [-0.2, -0.15) is 0 Å². The van der Waals surface area contributed by atoms with E-state index in [9.17, 15) is 4.79 Å². The number of hydrogen-bond donors (Lipinski definition) is 2. The van der Waals surface area contributed by atoms with Crippen molar-refractivity contribution in [2.45, 2.75) is 42.9 Å². The Morgan fingerprint density at radius 1 is 1.40 bits per heavy atom. The van der Waals surface area contributed by atoms with Gasteiger partial charge in [0, 0.05) is 21.2 Å². The number of benzene rings is 1. The summed E-state index contributed by atoms with van der Waals surface area (Å²) in [6.07, 6.45) is 1.66. The van der Waals surface area contributed by atoms with E-state index in [-0.39, 0.29) is 24.4 Å². The predicted molar refractivity (Wildman–Crippen MR) is 92.6 cm³/mol. The smallest absolute Gasteiger partial charge is 0.236 e. The van der Waals surface area contributed by atoms with Crippen LogP contribution in [-0.4, -0.2) is 23.7 Å². The lowest BCUT2D eigenvalue weighted by Gasteiger charge is -2.15. The van der Waals surface area contributed by atoms with Gasteiger partial charge in [-0.05, 0) is 30.7 Å². The largest absolute Gasteiger partial charge is 0.354 e. The van der Waals surface area contributed by atoms with Crippen molar-refractivity contribution in [3.8, 4) is 0 Å². The number of carbonyl (C=O) groups is 1. The molecule has 2 unspecified atom stereocenters. The van der Waals surface area contributed by atoms with Crippen LogP contribution in [0.25, 0.3) is 0 Å². The molecule has 0 heterocycles. The lowest BCUT2D eigenvalue weighted by atomic mass is 10.2. The minimum absolute atomic E-state index is 0. The summed E-state index contributed by atoms with van der Waals surface area (Å²) in [7, 11) is 0. The maximum Gasteiger partial charge on any atom is 0.236 e. The molecule has 0 aliphatic rings. The van der Waals surface area contributed by atoms with Crippen LogP contribution in [0.2, 0.25) is 0 Å². The first kappa shape index (κ1) is 19.8. The van der Waals surface area contributed by atoms with E-state index in [1.54, 1.807) is 11.8 Å². The first-order valence-corrected chi connectivity index (χ1v) is 8.15. The lowest BCUT2D eigenvalue weighted by Crippen LogP contribution is -2.42. The summed E-state index contributed by atoms with van der Waals surface area (Å²) in [6, 6.07) is 7.79. The molecular formula is C14H22BrClN2OS. The molecule has 0 aliphatic carbocycles. The van der Waals surface area contributed by atoms with Gasteiger partial charge in [0.1, 0.15) is 0 Å². The second-order valence-electron chi connectivity index (χ2n) is 4.52. The fourth-order valence-electron chi connectivity index (χ4n) is 1.60. The molecule has 2 atom stereocenters. The third-order valence-corrected chi connectivity index (χ3v) is 4.29. The van der Waals surface area contributed by atoms with Gasteiger partial charge in [0.15, 0.2) is 0 Å². The number of nitrogens with two attached hydrogens (primary N) is 1. The molecule has 0 radical (unpaired) electrons. The highest BCUT2D eigenvalue weighted by Gasteiger charge is 2.13. The molecule has 20 heavy (non-hydrogen) atoms. The second-order valence-corrected chi connectivity index (χ2v) is 6.95. The molecule has 0 saturated heterocycles. The number of thioether (sulfide) groups is 1. The molecule has 114 valence electrons. The van der Waals surface area contributed by atoms with Crippen molar-refractivity contribution in [3.63, 3.8) is 0 Å². The fourth-order valence-corrected chi connectivity index (χ4v) is 2.79. The quantitative estimate of drug-likeness (QED) is 0.710. The van der Waals surface area contributed by atoms with Gasteiger partial charge in [-0.15, -0.1) is 24.2 Å². The molecule has 0 aliphatic heterocycles. The summed E-state index contributed by atoms with van der Waals surface area (Å²) in [5.41, 5.74) is 5.76. The number of carbonyl (C=O) groups excluding carboxylic acids is 1. The van der Waals surface area contributed by atoms with Gasteiger partial charge in [0.05, 0.1) is 6.04 Å². The molecule has 0 saturated carbocycles. The first-order chi connectivity index (χ1) is 9.02. The van der Waals surface area contributed by atoms with Crippen LogP contribution in [0, 0.1) is 0 Å². The van der Waals surface area contributed by atoms with Gasteiger partial charge < -0.3 is 11.1 Å². The Morgan fingerprint density at radius 2 is 2.00 bits per heavy atom. The van der Waals surface area contributed by atoms with E-state index >= 15 is 0 Å². The van der Waals surface area contributed by atoms with Crippen molar-refractivity contribution in [1.82, 2.24) is 5.32 Å². The molecule has 1 amide bonds. The van der Waals surface area contributed by atoms with Crippen molar-refractivity contribution in [2.75, 3.05) is 6.54 Å². The second kappa shape index (κ2) is 10.5. The Balaban J connectivity index is 0.00000361. The zero-order chi connectivity index (χ0) is 14.3. The number of halogens is 2. The Bertz CT molecular complexity index is 403. The summed E-state index contributed by atoms with van der Waals surface area (Å²) in [5.74, 6) is -0.0508. The predicted octanol–water partition coefficient (Wildman–Crippen LogP) is 3.60. The lowest BCUT2D eigenvalue weighted by molar-refractivity contribution is -0.122. The van der Waals surface area contributed by atoms with Crippen LogP contribution in [0.4, 0.5) is 0 Å². The Kier molecular flexibility index (Phi) is 10.4. The normalized spacial score (nSPS) is 13.2. The van der Waals surface area contributed by atoms with E-state index in [1.165, 1.54) is 4.90 Å². The molecular weight excluding hydrogens is 360 g/mol. The molecule has 1 aromatic carbocycles. The van der Waals surface area contributed by atoms with Crippen LogP contribution in [-0.2, 0) is 4.79 Å². The Morgan fingerprint density at radius 3 is 2.55 bits per heavy atom. The molecule has 1 rings (SSSR count). The summed E-state index contributed by atoms with van der Waals surface area (Å²) >= 11 is 5.15. The Labute approximate surface area is 140 Å². The average Bonchev–Trinajstić information content (AvgIpc) is 2.39. The molecule has 6 heteroatoms. The van der Waals surface area contributed by atoms with Gasteiger partial charge in [0.25, 0.3) is 0 Å². The number of hydrogen-bond acceptors (Lipinski definition) is 3. The first-order valence-electron chi connectivity index (χ1n) is 6.48. The molecule has 0 bridgehead atoms. The van der Waals surface area contributed by atoms with Crippen LogP contribution in [0.5, 0.6) is 0 Å².